The number of hydrogen-bond donors (Lipinski definition) is 1. The van der Waals surface area contributed by atoms with Gasteiger partial charge in [-0.25, -0.2) is 39.6 Å². The smallest absolute Gasteiger partial charge is 0.335 e. The van der Waals surface area contributed by atoms with E-state index in [0.717, 1.165) is 54.8 Å². The minimum atomic E-state index is -5.46. The number of benzene rings is 2. The molecule has 1 aliphatic carbocycles. The first kappa shape index (κ1) is 31.4. The normalized spacial score (nSPS) is 17.7. The van der Waals surface area contributed by atoms with Crippen molar-refractivity contribution in [3.63, 3.8) is 0 Å². The van der Waals surface area contributed by atoms with E-state index in [-0.39, 0.29) is 22.3 Å². The number of carboxylic acid groups (broad SMARTS) is 1. The van der Waals surface area contributed by atoms with Crippen LogP contribution in [0.25, 0.3) is 0 Å². The Kier molecular flexibility index (Phi) is 8.66. The molecule has 1 saturated carbocycles. The van der Waals surface area contributed by atoms with Crippen LogP contribution in [-0.4, -0.2) is 52.3 Å². The third kappa shape index (κ3) is 5.63. The van der Waals surface area contributed by atoms with Crippen molar-refractivity contribution in [2.75, 3.05) is 11.4 Å². The third-order valence-electron chi connectivity index (χ3n) is 7.81. The number of aromatic carboxylic acids is 1. The maximum Gasteiger partial charge on any atom is 0.335 e. The fraction of sp³-hybridized carbons (Fsp3) is 0.357. The first-order chi connectivity index (χ1) is 20.8. The van der Waals surface area contributed by atoms with Crippen LogP contribution < -0.4 is 4.90 Å². The molecule has 1 aromatic heterocycles. The summed E-state index contributed by atoms with van der Waals surface area (Å²) in [6.45, 7) is -1.00. The van der Waals surface area contributed by atoms with Gasteiger partial charge < -0.3 is 10.0 Å². The van der Waals surface area contributed by atoms with Crippen molar-refractivity contribution in [3.05, 3.63) is 82.4 Å². The number of carboxylic acids is 1. The van der Waals surface area contributed by atoms with E-state index < -0.39 is 92.1 Å². The van der Waals surface area contributed by atoms with Crippen LogP contribution in [-0.2, 0) is 21.4 Å². The van der Waals surface area contributed by atoms with Crippen LogP contribution in [0.5, 0.6) is 0 Å². The maximum absolute atomic E-state index is 15.2. The van der Waals surface area contributed by atoms with Crippen LogP contribution in [0.2, 0.25) is 0 Å². The summed E-state index contributed by atoms with van der Waals surface area (Å²) in [5.74, 6) is -16.3. The highest BCUT2D eigenvalue weighted by molar-refractivity contribution is 7.89. The zero-order chi connectivity index (χ0) is 31.9. The largest absolute Gasteiger partial charge is 0.478 e. The molecule has 0 unspecified atom stereocenters. The molecule has 234 valence electrons. The Bertz CT molecular complexity index is 1710. The van der Waals surface area contributed by atoms with Gasteiger partial charge in [0.1, 0.15) is 11.9 Å². The van der Waals surface area contributed by atoms with Gasteiger partial charge in [0.15, 0.2) is 28.2 Å². The van der Waals surface area contributed by atoms with E-state index in [2.05, 4.69) is 9.97 Å². The predicted molar refractivity (Wildman–Crippen MR) is 141 cm³/mol. The van der Waals surface area contributed by atoms with Gasteiger partial charge >= 0.3 is 5.97 Å². The Morgan fingerprint density at radius 3 is 2.05 bits per heavy atom. The number of carbonyl (C=O) groups excluding carboxylic acids is 1. The number of anilines is 1. The zero-order valence-corrected chi connectivity index (χ0v) is 23.6. The van der Waals surface area contributed by atoms with Gasteiger partial charge in [-0.15, -0.1) is 0 Å². The predicted octanol–water partition coefficient (Wildman–Crippen LogP) is 5.05. The molecule has 1 saturated heterocycles. The van der Waals surface area contributed by atoms with E-state index in [4.69, 9.17) is 0 Å². The highest BCUT2D eigenvalue weighted by Gasteiger charge is 2.48. The Morgan fingerprint density at radius 1 is 0.886 bits per heavy atom. The second kappa shape index (κ2) is 12.1. The van der Waals surface area contributed by atoms with Gasteiger partial charge in [-0.3, -0.25) is 14.8 Å². The van der Waals surface area contributed by atoms with Gasteiger partial charge in [-0.1, -0.05) is 19.3 Å². The number of nitrogens with zero attached hydrogens (tertiary/aromatic N) is 4. The van der Waals surface area contributed by atoms with Crippen LogP contribution in [0.4, 0.5) is 32.0 Å². The molecule has 9 nitrogen and oxygen atoms in total. The fourth-order valence-electron chi connectivity index (χ4n) is 5.36. The summed E-state index contributed by atoms with van der Waals surface area (Å²) >= 11 is 0. The van der Waals surface area contributed by atoms with E-state index in [1.54, 1.807) is 0 Å². The molecule has 5 rings (SSSR count). The quantitative estimate of drug-likeness (QED) is 0.207. The fourth-order valence-corrected chi connectivity index (χ4v) is 7.11. The van der Waals surface area contributed by atoms with E-state index in [1.165, 1.54) is 12.4 Å². The lowest BCUT2D eigenvalue weighted by Crippen LogP contribution is -2.59. The van der Waals surface area contributed by atoms with Crippen LogP contribution in [0.1, 0.15) is 66.2 Å². The van der Waals surface area contributed by atoms with Crippen molar-refractivity contribution in [2.24, 2.45) is 0 Å². The molecular formula is C28H24F6N4O5S. The molecule has 1 N–H and O–H groups in total. The Morgan fingerprint density at radius 2 is 1.52 bits per heavy atom. The van der Waals surface area contributed by atoms with E-state index in [1.807, 2.05) is 0 Å². The van der Waals surface area contributed by atoms with Crippen molar-refractivity contribution in [2.45, 2.75) is 61.9 Å². The summed E-state index contributed by atoms with van der Waals surface area (Å²) in [4.78, 5) is 32.5. The van der Waals surface area contributed by atoms with Gasteiger partial charge in [0.2, 0.25) is 21.7 Å². The van der Waals surface area contributed by atoms with Gasteiger partial charge in [0, 0.05) is 18.7 Å². The summed E-state index contributed by atoms with van der Waals surface area (Å²) in [5.41, 5.74) is -0.0522. The lowest BCUT2D eigenvalue weighted by atomic mass is 9.87. The molecule has 1 aliphatic heterocycles. The minimum absolute atomic E-state index is 0.146. The number of sulfonamides is 1. The summed E-state index contributed by atoms with van der Waals surface area (Å²) in [6.07, 6.45) is 7.67. The van der Waals surface area contributed by atoms with Crippen LogP contribution in [0, 0.1) is 34.9 Å². The Hall–Kier alpha value is -4.05. The lowest BCUT2D eigenvalue weighted by Gasteiger charge is -2.41. The molecule has 2 aromatic carbocycles. The van der Waals surface area contributed by atoms with Crippen LogP contribution in [0.3, 0.4) is 0 Å². The molecular weight excluding hydrogens is 618 g/mol. The van der Waals surface area contributed by atoms with Crippen molar-refractivity contribution in [3.8, 4) is 0 Å². The molecule has 44 heavy (non-hydrogen) atoms. The molecule has 1 atom stereocenters. The first-order valence-corrected chi connectivity index (χ1v) is 14.9. The molecule has 2 fully saturated rings. The number of rotatable bonds is 8. The summed E-state index contributed by atoms with van der Waals surface area (Å²) in [5, 5.41) is 9.21. The van der Waals surface area contributed by atoms with Crippen molar-refractivity contribution >= 4 is 27.6 Å². The van der Waals surface area contributed by atoms with Crippen molar-refractivity contribution < 1.29 is 49.5 Å². The molecule has 1 amide bonds. The number of halogens is 6. The number of carbonyl (C=O) groups is 2. The summed E-state index contributed by atoms with van der Waals surface area (Å²) in [6, 6.07) is 0.883. The standard InChI is InChI=1S/C28H24F6N4O5S/c29-17-10-15(28(40)41)6-7-19(17)37(13-16-11-36-18(12-35-16)14-4-2-1-3-5-14)27(39)20-8-9-38(20)44(42,43)26-24(33)22(31)21(30)23(32)25(26)34/h6-7,10-12,14,20H,1-5,8-9,13H2,(H,40,41)/t20-/m1/s1. The van der Waals surface area contributed by atoms with E-state index >= 15 is 4.39 Å². The second-order valence-electron chi connectivity index (χ2n) is 10.5. The maximum atomic E-state index is 15.2. The van der Waals surface area contributed by atoms with Crippen molar-refractivity contribution in [1.82, 2.24) is 14.3 Å². The SMILES string of the molecule is O=C(O)c1ccc(N(Cc2cnc(C3CCCCC3)cn2)C(=O)[C@H]2CCN2S(=O)(=O)c2c(F)c(F)c(F)c(F)c2F)c(F)c1. The van der Waals surface area contributed by atoms with Crippen LogP contribution in [0.15, 0.2) is 35.5 Å². The molecule has 0 radical (unpaired) electrons. The topological polar surface area (TPSA) is 121 Å². The van der Waals surface area contributed by atoms with E-state index in [0.29, 0.717) is 6.07 Å². The first-order valence-electron chi connectivity index (χ1n) is 13.5. The van der Waals surface area contributed by atoms with Gasteiger partial charge in [0.05, 0.1) is 35.4 Å². The molecule has 16 heteroatoms. The van der Waals surface area contributed by atoms with Gasteiger partial charge in [-0.2, -0.15) is 4.31 Å². The lowest BCUT2D eigenvalue weighted by molar-refractivity contribution is -0.125. The summed E-state index contributed by atoms with van der Waals surface area (Å²) < 4.78 is 112. The zero-order valence-electron chi connectivity index (χ0n) is 22.7. The number of amides is 1. The number of hydrogen-bond acceptors (Lipinski definition) is 6. The highest BCUT2D eigenvalue weighted by atomic mass is 32.2. The number of aromatic nitrogens is 2. The van der Waals surface area contributed by atoms with Crippen molar-refractivity contribution in [1.29, 1.82) is 0 Å². The molecule has 2 aliphatic rings. The van der Waals surface area contributed by atoms with Gasteiger partial charge in [-0.05, 0) is 37.5 Å². The average Bonchev–Trinajstić information content (AvgIpc) is 2.97. The molecule has 2 heterocycles. The minimum Gasteiger partial charge on any atom is -0.478 e. The Labute approximate surface area is 247 Å². The molecule has 0 bridgehead atoms. The highest BCUT2D eigenvalue weighted by Crippen LogP contribution is 2.36. The van der Waals surface area contributed by atoms with E-state index in [9.17, 15) is 45.1 Å². The molecule has 0 spiro atoms. The van der Waals surface area contributed by atoms with Gasteiger partial charge in [0.25, 0.3) is 0 Å². The third-order valence-corrected chi connectivity index (χ3v) is 9.74. The van der Waals surface area contributed by atoms with Crippen LogP contribution >= 0.6 is 0 Å². The average molecular weight is 643 g/mol. The monoisotopic (exact) mass is 642 g/mol. The Balaban J connectivity index is 1.49. The molecule has 3 aromatic rings. The summed E-state index contributed by atoms with van der Waals surface area (Å²) in [7, 11) is -5.46. The second-order valence-corrected chi connectivity index (χ2v) is 12.3.